The second-order valence-electron chi connectivity index (χ2n) is 13.1. The van der Waals surface area contributed by atoms with E-state index in [-0.39, 0.29) is 60.4 Å². The minimum Gasteiger partial charge on any atom is -0.480 e. The summed E-state index contributed by atoms with van der Waals surface area (Å²) in [6.07, 6.45) is 0.314. The molecule has 1 rings (SSSR count). The van der Waals surface area contributed by atoms with Crippen LogP contribution >= 0.6 is 0 Å². The highest BCUT2D eigenvalue weighted by Gasteiger charge is 2.37. The Balaban J connectivity index is 3.22. The SMILES string of the molecule is CCC(C)CC(=O)O[C@@H](C)CC(N)(Cc1ccc(OC(=O)CC(C)(C)C)c(OC(=O)CC(C)(C)C)c1)C(=O)O. The number of benzene rings is 1. The third kappa shape index (κ3) is 13.1. The van der Waals surface area contributed by atoms with Gasteiger partial charge in [0.1, 0.15) is 11.6 Å². The van der Waals surface area contributed by atoms with Crippen LogP contribution in [0.15, 0.2) is 18.2 Å². The van der Waals surface area contributed by atoms with Crippen molar-refractivity contribution in [2.45, 2.75) is 112 Å². The molecular weight excluding hydrogens is 502 g/mol. The molecule has 1 aromatic rings. The number of ether oxygens (including phenoxy) is 3. The van der Waals surface area contributed by atoms with Crippen molar-refractivity contribution in [3.63, 3.8) is 0 Å². The number of hydrogen-bond donors (Lipinski definition) is 2. The summed E-state index contributed by atoms with van der Waals surface area (Å²) in [6.45, 7) is 16.9. The quantitative estimate of drug-likeness (QED) is 0.242. The molecule has 0 saturated heterocycles. The van der Waals surface area contributed by atoms with Crippen molar-refractivity contribution >= 4 is 23.9 Å². The Kier molecular flexibility index (Phi) is 12.2. The number of carbonyl (C=O) groups excluding carboxylic acids is 3. The zero-order chi connectivity index (χ0) is 30.2. The molecule has 9 heteroatoms. The predicted octanol–water partition coefficient (Wildman–Crippen LogP) is 5.45. The van der Waals surface area contributed by atoms with Crippen LogP contribution in [0.1, 0.15) is 100.0 Å². The van der Waals surface area contributed by atoms with Gasteiger partial charge in [-0.3, -0.25) is 19.2 Å². The first kappa shape index (κ1) is 34.1. The van der Waals surface area contributed by atoms with E-state index in [0.29, 0.717) is 5.56 Å². The van der Waals surface area contributed by atoms with Crippen LogP contribution in [-0.4, -0.2) is 40.6 Å². The lowest BCUT2D eigenvalue weighted by Gasteiger charge is -2.28. The third-order valence-corrected chi connectivity index (χ3v) is 5.95. The van der Waals surface area contributed by atoms with Crippen molar-refractivity contribution in [1.29, 1.82) is 0 Å². The first-order valence-corrected chi connectivity index (χ1v) is 13.5. The Bertz CT molecular complexity index is 1020. The molecule has 2 unspecified atom stereocenters. The fourth-order valence-electron chi connectivity index (χ4n) is 3.87. The molecule has 0 bridgehead atoms. The lowest BCUT2D eigenvalue weighted by molar-refractivity contribution is -0.154. The number of nitrogens with two attached hydrogens (primary N) is 1. The van der Waals surface area contributed by atoms with E-state index in [2.05, 4.69) is 0 Å². The second kappa shape index (κ2) is 13.9. The summed E-state index contributed by atoms with van der Waals surface area (Å²) in [4.78, 5) is 49.5. The first-order valence-electron chi connectivity index (χ1n) is 13.5. The Morgan fingerprint density at radius 3 is 1.85 bits per heavy atom. The number of carbonyl (C=O) groups is 4. The molecule has 3 N–H and O–H groups in total. The molecule has 0 spiro atoms. The van der Waals surface area contributed by atoms with Gasteiger partial charge in [-0.2, -0.15) is 0 Å². The molecule has 0 amide bonds. The van der Waals surface area contributed by atoms with E-state index in [1.54, 1.807) is 13.0 Å². The summed E-state index contributed by atoms with van der Waals surface area (Å²) < 4.78 is 16.5. The number of carboxylic acid groups (broad SMARTS) is 1. The van der Waals surface area contributed by atoms with Gasteiger partial charge >= 0.3 is 23.9 Å². The number of carboxylic acids is 1. The van der Waals surface area contributed by atoms with E-state index in [4.69, 9.17) is 19.9 Å². The van der Waals surface area contributed by atoms with Crippen molar-refractivity contribution < 1.29 is 38.5 Å². The summed E-state index contributed by atoms with van der Waals surface area (Å²) in [7, 11) is 0. The molecule has 0 saturated carbocycles. The maximum Gasteiger partial charge on any atom is 0.324 e. The van der Waals surface area contributed by atoms with Crippen LogP contribution in [0.2, 0.25) is 0 Å². The minimum absolute atomic E-state index is 0.00442. The van der Waals surface area contributed by atoms with Gasteiger partial charge in [-0.05, 0) is 41.4 Å². The van der Waals surface area contributed by atoms with Gasteiger partial charge in [-0.25, -0.2) is 0 Å². The molecule has 0 radical (unpaired) electrons. The smallest absolute Gasteiger partial charge is 0.324 e. The van der Waals surface area contributed by atoms with Crippen molar-refractivity contribution in [3.8, 4) is 11.5 Å². The van der Waals surface area contributed by atoms with Gasteiger partial charge in [-0.15, -0.1) is 0 Å². The van der Waals surface area contributed by atoms with E-state index in [0.717, 1.165) is 6.42 Å². The Hall–Kier alpha value is -2.94. The maximum atomic E-state index is 12.6. The van der Waals surface area contributed by atoms with Crippen LogP contribution in [0.25, 0.3) is 0 Å². The molecule has 220 valence electrons. The van der Waals surface area contributed by atoms with Crippen molar-refractivity contribution in [3.05, 3.63) is 23.8 Å². The van der Waals surface area contributed by atoms with E-state index in [9.17, 15) is 24.3 Å². The molecule has 39 heavy (non-hydrogen) atoms. The molecule has 1 aromatic carbocycles. The molecule has 9 nitrogen and oxygen atoms in total. The summed E-state index contributed by atoms with van der Waals surface area (Å²) in [5, 5.41) is 9.96. The van der Waals surface area contributed by atoms with Crippen LogP contribution < -0.4 is 15.2 Å². The average molecular weight is 550 g/mol. The maximum absolute atomic E-state index is 12.6. The molecule has 0 heterocycles. The first-order chi connectivity index (χ1) is 17.7. The van der Waals surface area contributed by atoms with Gasteiger partial charge in [0.15, 0.2) is 11.5 Å². The largest absolute Gasteiger partial charge is 0.480 e. The molecule has 3 atom stereocenters. The molecule has 0 aliphatic carbocycles. The highest BCUT2D eigenvalue weighted by atomic mass is 16.6. The lowest BCUT2D eigenvalue weighted by atomic mass is 9.86. The Labute approximate surface area is 232 Å². The van der Waals surface area contributed by atoms with Gasteiger partial charge in [-0.1, -0.05) is 67.9 Å². The van der Waals surface area contributed by atoms with E-state index in [1.807, 2.05) is 55.4 Å². The number of hydrogen-bond acceptors (Lipinski definition) is 8. The Morgan fingerprint density at radius 2 is 1.38 bits per heavy atom. The van der Waals surface area contributed by atoms with E-state index >= 15 is 0 Å². The molecular formula is C30H47NO8. The molecule has 0 fully saturated rings. The third-order valence-electron chi connectivity index (χ3n) is 5.95. The minimum atomic E-state index is -1.77. The Morgan fingerprint density at radius 1 is 0.872 bits per heavy atom. The van der Waals surface area contributed by atoms with E-state index in [1.165, 1.54) is 12.1 Å². The summed E-state index contributed by atoms with van der Waals surface area (Å²) >= 11 is 0. The summed E-state index contributed by atoms with van der Waals surface area (Å²) in [6, 6.07) is 4.50. The van der Waals surface area contributed by atoms with Gasteiger partial charge in [0.2, 0.25) is 0 Å². The van der Waals surface area contributed by atoms with Crippen LogP contribution in [0.4, 0.5) is 0 Å². The molecule has 0 aliphatic heterocycles. The van der Waals surface area contributed by atoms with Gasteiger partial charge < -0.3 is 25.1 Å². The van der Waals surface area contributed by atoms with Crippen molar-refractivity contribution in [2.75, 3.05) is 0 Å². The zero-order valence-electron chi connectivity index (χ0n) is 25.0. The van der Waals surface area contributed by atoms with Crippen LogP contribution in [0.3, 0.4) is 0 Å². The second-order valence-corrected chi connectivity index (χ2v) is 13.1. The number of aliphatic carboxylic acids is 1. The fraction of sp³-hybridized carbons (Fsp3) is 0.667. The highest BCUT2D eigenvalue weighted by molar-refractivity contribution is 5.80. The van der Waals surface area contributed by atoms with Crippen LogP contribution in [0.5, 0.6) is 11.5 Å². The fourth-order valence-corrected chi connectivity index (χ4v) is 3.87. The predicted molar refractivity (Wildman–Crippen MR) is 148 cm³/mol. The zero-order valence-corrected chi connectivity index (χ0v) is 25.0. The highest BCUT2D eigenvalue weighted by Crippen LogP contribution is 2.33. The summed E-state index contributed by atoms with van der Waals surface area (Å²) in [5.74, 6) is -2.46. The summed E-state index contributed by atoms with van der Waals surface area (Å²) in [5.41, 5.74) is 4.35. The van der Waals surface area contributed by atoms with Crippen molar-refractivity contribution in [1.82, 2.24) is 0 Å². The lowest BCUT2D eigenvalue weighted by Crippen LogP contribution is -2.52. The van der Waals surface area contributed by atoms with Crippen molar-refractivity contribution in [2.24, 2.45) is 22.5 Å². The average Bonchev–Trinajstić information content (AvgIpc) is 2.72. The monoisotopic (exact) mass is 549 g/mol. The normalized spacial score (nSPS) is 15.0. The topological polar surface area (TPSA) is 142 Å². The number of rotatable bonds is 13. The van der Waals surface area contributed by atoms with Crippen LogP contribution in [-0.2, 0) is 30.3 Å². The number of esters is 3. The standard InChI is InChI=1S/C30H47NO8/c1-10-19(2)13-24(32)37-20(3)15-30(31,27(35)36)16-21-11-12-22(38-25(33)17-28(4,5)6)23(14-21)39-26(34)18-29(7,8)9/h11-12,14,19-20H,10,13,15-18,31H2,1-9H3,(H,35,36)/t19?,20-,30?/m0/s1. The van der Waals surface area contributed by atoms with Gasteiger partial charge in [0.05, 0.1) is 12.8 Å². The van der Waals surface area contributed by atoms with Gasteiger partial charge in [0.25, 0.3) is 0 Å². The molecule has 0 aromatic heterocycles. The molecule has 0 aliphatic rings. The van der Waals surface area contributed by atoms with Gasteiger partial charge in [0, 0.05) is 19.3 Å². The van der Waals surface area contributed by atoms with E-state index < -0.39 is 35.5 Å². The van der Waals surface area contributed by atoms with Crippen LogP contribution in [0, 0.1) is 16.7 Å².